The maximum absolute atomic E-state index is 11.2. The van der Waals surface area contributed by atoms with E-state index >= 15 is 0 Å². The smallest absolute Gasteiger partial charge is 0.233 e. The van der Waals surface area contributed by atoms with Crippen molar-refractivity contribution < 1.29 is 9.90 Å². The van der Waals surface area contributed by atoms with Gasteiger partial charge in [0.05, 0.1) is 6.54 Å². The quantitative estimate of drug-likeness (QED) is 0.734. The van der Waals surface area contributed by atoms with Crippen LogP contribution in [0.3, 0.4) is 0 Å². The average molecular weight is 234 g/mol. The van der Waals surface area contributed by atoms with E-state index in [9.17, 15) is 9.90 Å². The maximum Gasteiger partial charge on any atom is 0.233 e. The lowest BCUT2D eigenvalue weighted by molar-refractivity contribution is -0.119. The Hall–Kier alpha value is -1.55. The van der Waals surface area contributed by atoms with Gasteiger partial charge in [-0.3, -0.25) is 4.79 Å². The number of aryl methyl sites for hydroxylation is 1. The Morgan fingerprint density at radius 1 is 1.53 bits per heavy atom. The van der Waals surface area contributed by atoms with E-state index in [1.54, 1.807) is 13.1 Å². The number of aromatic hydroxyl groups is 1. The molecule has 1 aliphatic carbocycles. The van der Waals surface area contributed by atoms with Gasteiger partial charge in [0.25, 0.3) is 0 Å². The summed E-state index contributed by atoms with van der Waals surface area (Å²) >= 11 is 0. The molecule has 0 radical (unpaired) electrons. The fourth-order valence-corrected chi connectivity index (χ4v) is 2.32. The molecule has 0 spiro atoms. The second kappa shape index (κ2) is 5.19. The van der Waals surface area contributed by atoms with E-state index in [1.165, 1.54) is 11.1 Å². The number of fused-ring (bicyclic) bond motifs is 1. The lowest BCUT2D eigenvalue weighted by Gasteiger charge is -2.26. The van der Waals surface area contributed by atoms with E-state index in [-0.39, 0.29) is 11.9 Å². The number of benzene rings is 1. The number of nitrogens with one attached hydrogen (secondary N) is 2. The van der Waals surface area contributed by atoms with Crippen molar-refractivity contribution in [3.8, 4) is 5.75 Å². The Balaban J connectivity index is 2.09. The van der Waals surface area contributed by atoms with Crippen molar-refractivity contribution in [1.82, 2.24) is 10.6 Å². The molecule has 0 bridgehead atoms. The first-order valence-corrected chi connectivity index (χ1v) is 5.96. The van der Waals surface area contributed by atoms with Crippen molar-refractivity contribution >= 4 is 5.91 Å². The summed E-state index contributed by atoms with van der Waals surface area (Å²) in [5.74, 6) is 0.312. The summed E-state index contributed by atoms with van der Waals surface area (Å²) in [6.45, 7) is 0.335. The van der Waals surface area contributed by atoms with Gasteiger partial charge in [0.1, 0.15) is 5.75 Å². The van der Waals surface area contributed by atoms with Crippen molar-refractivity contribution in [2.45, 2.75) is 25.3 Å². The van der Waals surface area contributed by atoms with E-state index in [4.69, 9.17) is 0 Å². The zero-order chi connectivity index (χ0) is 12.3. The predicted octanol–water partition coefficient (Wildman–Crippen LogP) is 1.11. The van der Waals surface area contributed by atoms with Crippen molar-refractivity contribution in [1.29, 1.82) is 0 Å². The summed E-state index contributed by atoms with van der Waals surface area (Å²) in [6, 6.07) is 5.70. The Kier molecular flexibility index (Phi) is 3.64. The minimum atomic E-state index is -0.00379. The average Bonchev–Trinajstić information content (AvgIpc) is 2.35. The molecule has 0 saturated carbocycles. The minimum Gasteiger partial charge on any atom is -0.508 e. The standard InChI is InChI=1S/C13H18N2O2/c1-14-13(17)8-15-12-4-2-3-9-7-10(16)5-6-11(9)12/h5-7,12,15-16H,2-4,8H2,1H3,(H,14,17). The Morgan fingerprint density at radius 2 is 2.35 bits per heavy atom. The van der Waals surface area contributed by atoms with Crippen LogP contribution < -0.4 is 10.6 Å². The molecule has 3 N–H and O–H groups in total. The fraction of sp³-hybridized carbons (Fsp3) is 0.462. The zero-order valence-electron chi connectivity index (χ0n) is 9.99. The summed E-state index contributed by atoms with van der Waals surface area (Å²) in [4.78, 5) is 11.2. The molecule has 1 atom stereocenters. The Bertz CT molecular complexity index is 418. The van der Waals surface area contributed by atoms with Gasteiger partial charge in [0.2, 0.25) is 5.91 Å². The summed E-state index contributed by atoms with van der Waals surface area (Å²) in [5.41, 5.74) is 2.39. The molecule has 92 valence electrons. The van der Waals surface area contributed by atoms with Gasteiger partial charge in [0.15, 0.2) is 0 Å². The van der Waals surface area contributed by atoms with Gasteiger partial charge in [-0.25, -0.2) is 0 Å². The van der Waals surface area contributed by atoms with E-state index in [0.717, 1.165) is 19.3 Å². The second-order valence-electron chi connectivity index (χ2n) is 4.38. The monoisotopic (exact) mass is 234 g/mol. The van der Waals surface area contributed by atoms with E-state index in [2.05, 4.69) is 10.6 Å². The number of carbonyl (C=O) groups is 1. The molecule has 1 aromatic carbocycles. The highest BCUT2D eigenvalue weighted by atomic mass is 16.3. The molecular formula is C13H18N2O2. The highest BCUT2D eigenvalue weighted by Gasteiger charge is 2.20. The van der Waals surface area contributed by atoms with Gasteiger partial charge in [-0.15, -0.1) is 0 Å². The Morgan fingerprint density at radius 3 is 3.12 bits per heavy atom. The minimum absolute atomic E-state index is 0.00379. The SMILES string of the molecule is CNC(=O)CNC1CCCc2cc(O)ccc21. The molecular weight excluding hydrogens is 216 g/mol. The number of hydrogen-bond acceptors (Lipinski definition) is 3. The second-order valence-corrected chi connectivity index (χ2v) is 4.38. The number of phenols is 1. The molecule has 0 aromatic heterocycles. The van der Waals surface area contributed by atoms with Gasteiger partial charge in [-0.2, -0.15) is 0 Å². The number of hydrogen-bond donors (Lipinski definition) is 3. The first-order valence-electron chi connectivity index (χ1n) is 5.96. The first kappa shape index (κ1) is 11.9. The molecule has 0 fully saturated rings. The third kappa shape index (κ3) is 2.77. The van der Waals surface area contributed by atoms with E-state index in [0.29, 0.717) is 12.3 Å². The lowest BCUT2D eigenvalue weighted by Crippen LogP contribution is -2.35. The van der Waals surface area contributed by atoms with Crippen LogP contribution >= 0.6 is 0 Å². The topological polar surface area (TPSA) is 61.4 Å². The summed E-state index contributed by atoms with van der Waals surface area (Å²) < 4.78 is 0. The summed E-state index contributed by atoms with van der Waals surface area (Å²) in [7, 11) is 1.64. The summed E-state index contributed by atoms with van der Waals surface area (Å²) in [6.07, 6.45) is 3.12. The van der Waals surface area contributed by atoms with Crippen molar-refractivity contribution in [2.24, 2.45) is 0 Å². The van der Waals surface area contributed by atoms with Gasteiger partial charge in [-0.1, -0.05) is 6.07 Å². The fourth-order valence-electron chi connectivity index (χ4n) is 2.32. The number of rotatable bonds is 3. The molecule has 1 aromatic rings. The van der Waals surface area contributed by atoms with Gasteiger partial charge in [0, 0.05) is 13.1 Å². The Labute approximate surface area is 101 Å². The first-order chi connectivity index (χ1) is 8.20. The summed E-state index contributed by atoms with van der Waals surface area (Å²) in [5, 5.41) is 15.3. The molecule has 0 aliphatic heterocycles. The van der Waals surface area contributed by atoms with E-state index in [1.807, 2.05) is 12.1 Å². The largest absolute Gasteiger partial charge is 0.508 e. The van der Waals surface area contributed by atoms with E-state index < -0.39 is 0 Å². The number of phenolic OH excluding ortho intramolecular Hbond substituents is 1. The molecule has 0 heterocycles. The van der Waals surface area contributed by atoms with Crippen LogP contribution in [0.2, 0.25) is 0 Å². The zero-order valence-corrected chi connectivity index (χ0v) is 9.99. The molecule has 4 heteroatoms. The van der Waals surface area contributed by atoms with Crippen molar-refractivity contribution in [3.63, 3.8) is 0 Å². The molecule has 1 amide bonds. The number of likely N-dealkylation sites (N-methyl/N-ethyl adjacent to an activating group) is 1. The lowest BCUT2D eigenvalue weighted by atomic mass is 9.87. The normalized spacial score (nSPS) is 18.5. The highest BCUT2D eigenvalue weighted by Crippen LogP contribution is 2.31. The van der Waals surface area contributed by atoms with Gasteiger partial charge >= 0.3 is 0 Å². The van der Waals surface area contributed by atoms with Crippen LogP contribution in [0.5, 0.6) is 5.75 Å². The van der Waals surface area contributed by atoms with Crippen LogP contribution in [0, 0.1) is 0 Å². The third-order valence-electron chi connectivity index (χ3n) is 3.23. The van der Waals surface area contributed by atoms with Crippen molar-refractivity contribution in [2.75, 3.05) is 13.6 Å². The number of amides is 1. The predicted molar refractivity (Wildman–Crippen MR) is 65.9 cm³/mol. The van der Waals surface area contributed by atoms with Crippen LogP contribution in [0.25, 0.3) is 0 Å². The van der Waals surface area contributed by atoms with Crippen LogP contribution in [-0.4, -0.2) is 24.6 Å². The van der Waals surface area contributed by atoms with Crippen LogP contribution in [0.1, 0.15) is 30.0 Å². The van der Waals surface area contributed by atoms with Crippen LogP contribution in [0.4, 0.5) is 0 Å². The third-order valence-corrected chi connectivity index (χ3v) is 3.23. The molecule has 2 rings (SSSR count). The van der Waals surface area contributed by atoms with Crippen molar-refractivity contribution in [3.05, 3.63) is 29.3 Å². The molecule has 17 heavy (non-hydrogen) atoms. The molecule has 1 unspecified atom stereocenters. The molecule has 1 aliphatic rings. The van der Waals surface area contributed by atoms with Gasteiger partial charge in [-0.05, 0) is 42.5 Å². The highest BCUT2D eigenvalue weighted by molar-refractivity contribution is 5.77. The van der Waals surface area contributed by atoms with Crippen LogP contribution in [-0.2, 0) is 11.2 Å². The maximum atomic E-state index is 11.2. The molecule has 4 nitrogen and oxygen atoms in total. The number of carbonyl (C=O) groups excluding carboxylic acids is 1. The molecule has 0 saturated heterocycles. The van der Waals surface area contributed by atoms with Gasteiger partial charge < -0.3 is 15.7 Å². The van der Waals surface area contributed by atoms with Crippen LogP contribution in [0.15, 0.2) is 18.2 Å².